The summed E-state index contributed by atoms with van der Waals surface area (Å²) in [7, 11) is 0. The van der Waals surface area contributed by atoms with Gasteiger partial charge < -0.3 is 5.73 Å². The van der Waals surface area contributed by atoms with Crippen molar-refractivity contribution in [1.82, 2.24) is 5.43 Å². The number of hydrogen-bond acceptors (Lipinski definition) is 3. The lowest BCUT2D eigenvalue weighted by atomic mass is 10.1. The van der Waals surface area contributed by atoms with Gasteiger partial charge in [0.1, 0.15) is 5.82 Å². The molecule has 0 bridgehead atoms. The van der Waals surface area contributed by atoms with E-state index in [1.165, 1.54) is 12.1 Å². The highest BCUT2D eigenvalue weighted by molar-refractivity contribution is 6.00. The Labute approximate surface area is 116 Å². The van der Waals surface area contributed by atoms with Crippen LogP contribution in [-0.2, 0) is 0 Å². The van der Waals surface area contributed by atoms with Crippen LogP contribution in [0.2, 0.25) is 0 Å². The van der Waals surface area contributed by atoms with Crippen LogP contribution in [0.25, 0.3) is 0 Å². The molecule has 0 saturated heterocycles. The third-order valence-electron chi connectivity index (χ3n) is 2.76. The second kappa shape index (κ2) is 5.97. The topological polar surface area (TPSA) is 67.5 Å². The van der Waals surface area contributed by atoms with E-state index in [2.05, 4.69) is 10.5 Å². The van der Waals surface area contributed by atoms with Gasteiger partial charge in [0, 0.05) is 11.3 Å². The third-order valence-corrected chi connectivity index (χ3v) is 2.76. The van der Waals surface area contributed by atoms with E-state index in [1.54, 1.807) is 43.3 Å². The van der Waals surface area contributed by atoms with Gasteiger partial charge in [-0.25, -0.2) is 9.82 Å². The van der Waals surface area contributed by atoms with Crippen LogP contribution < -0.4 is 11.2 Å². The predicted octanol–water partition coefficient (Wildman–Crippen LogP) is 2.56. The number of carbonyl (C=O) groups is 1. The van der Waals surface area contributed by atoms with Crippen LogP contribution in [0.5, 0.6) is 0 Å². The molecular formula is C15H14FN3O. The largest absolute Gasteiger partial charge is 0.399 e. The average molecular weight is 271 g/mol. The second-order valence-corrected chi connectivity index (χ2v) is 4.27. The van der Waals surface area contributed by atoms with Gasteiger partial charge >= 0.3 is 0 Å². The van der Waals surface area contributed by atoms with Crippen molar-refractivity contribution in [2.45, 2.75) is 6.92 Å². The van der Waals surface area contributed by atoms with Gasteiger partial charge in [0.25, 0.3) is 5.91 Å². The molecule has 2 aromatic carbocycles. The molecule has 1 amide bonds. The summed E-state index contributed by atoms with van der Waals surface area (Å²) < 4.78 is 12.8. The van der Waals surface area contributed by atoms with Crippen LogP contribution in [0.4, 0.5) is 10.1 Å². The van der Waals surface area contributed by atoms with Crippen molar-refractivity contribution in [2.24, 2.45) is 5.10 Å². The highest BCUT2D eigenvalue weighted by Crippen LogP contribution is 2.06. The zero-order valence-corrected chi connectivity index (χ0v) is 10.9. The first-order valence-electron chi connectivity index (χ1n) is 6.02. The number of nitrogen functional groups attached to an aromatic ring is 1. The molecule has 0 heterocycles. The number of nitrogens with zero attached hydrogens (tertiary/aromatic N) is 1. The van der Waals surface area contributed by atoms with Gasteiger partial charge in [-0.3, -0.25) is 4.79 Å². The maximum absolute atomic E-state index is 12.8. The maximum Gasteiger partial charge on any atom is 0.271 e. The Bertz CT molecular complexity index is 633. The van der Waals surface area contributed by atoms with Crippen molar-refractivity contribution in [2.75, 3.05) is 5.73 Å². The Hall–Kier alpha value is -2.69. The lowest BCUT2D eigenvalue weighted by Gasteiger charge is -2.03. The number of carbonyl (C=O) groups excluding carboxylic acids is 1. The molecule has 0 aromatic heterocycles. The van der Waals surface area contributed by atoms with Gasteiger partial charge in [0.2, 0.25) is 0 Å². The smallest absolute Gasteiger partial charge is 0.271 e. The lowest BCUT2D eigenvalue weighted by molar-refractivity contribution is 0.0955. The van der Waals surface area contributed by atoms with Crippen LogP contribution in [0.3, 0.4) is 0 Å². The summed E-state index contributed by atoms with van der Waals surface area (Å²) in [6, 6.07) is 12.4. The van der Waals surface area contributed by atoms with E-state index >= 15 is 0 Å². The molecule has 102 valence electrons. The molecule has 0 atom stereocenters. The summed E-state index contributed by atoms with van der Waals surface area (Å²) in [4.78, 5) is 11.8. The first-order valence-corrected chi connectivity index (χ1v) is 6.02. The van der Waals surface area contributed by atoms with E-state index in [0.717, 1.165) is 5.56 Å². The number of halogens is 1. The monoisotopic (exact) mass is 271 g/mol. The van der Waals surface area contributed by atoms with Crippen molar-refractivity contribution in [3.05, 3.63) is 65.5 Å². The number of hydrazone groups is 1. The molecule has 2 rings (SSSR count). The summed E-state index contributed by atoms with van der Waals surface area (Å²) in [5.41, 5.74) is 10.4. The van der Waals surface area contributed by atoms with E-state index in [9.17, 15) is 9.18 Å². The van der Waals surface area contributed by atoms with Crippen LogP contribution in [0.1, 0.15) is 22.8 Å². The second-order valence-electron chi connectivity index (χ2n) is 4.27. The number of nitrogens with two attached hydrogens (primary N) is 1. The molecule has 0 saturated carbocycles. The van der Waals surface area contributed by atoms with Crippen LogP contribution in [0.15, 0.2) is 53.6 Å². The van der Waals surface area contributed by atoms with E-state index in [-0.39, 0.29) is 11.7 Å². The van der Waals surface area contributed by atoms with Crippen LogP contribution >= 0.6 is 0 Å². The number of anilines is 1. The van der Waals surface area contributed by atoms with Gasteiger partial charge in [0.05, 0.1) is 5.71 Å². The Morgan fingerprint density at radius 3 is 2.20 bits per heavy atom. The molecule has 0 unspecified atom stereocenters. The van der Waals surface area contributed by atoms with Gasteiger partial charge in [0.15, 0.2) is 0 Å². The number of nitrogens with one attached hydrogen (secondary N) is 1. The van der Waals surface area contributed by atoms with E-state index in [4.69, 9.17) is 5.73 Å². The standard InChI is InChI=1S/C15H14FN3O/c1-10(11-2-6-13(16)7-3-11)18-19-15(20)12-4-8-14(17)9-5-12/h2-9H,17H2,1H3,(H,19,20)/b18-10-. The first kappa shape index (κ1) is 13.7. The zero-order chi connectivity index (χ0) is 14.5. The zero-order valence-electron chi connectivity index (χ0n) is 10.9. The van der Waals surface area contributed by atoms with Crippen molar-refractivity contribution in [3.8, 4) is 0 Å². The minimum atomic E-state index is -0.327. The number of benzene rings is 2. The number of rotatable bonds is 3. The van der Waals surface area contributed by atoms with Crippen molar-refractivity contribution in [1.29, 1.82) is 0 Å². The Morgan fingerprint density at radius 1 is 1.05 bits per heavy atom. The number of amides is 1. The highest BCUT2D eigenvalue weighted by Gasteiger charge is 2.04. The minimum Gasteiger partial charge on any atom is -0.399 e. The van der Waals surface area contributed by atoms with Gasteiger partial charge in [-0.05, 0) is 48.9 Å². The summed E-state index contributed by atoms with van der Waals surface area (Å²) >= 11 is 0. The fourth-order valence-electron chi connectivity index (χ4n) is 1.59. The summed E-state index contributed by atoms with van der Waals surface area (Å²) in [6.07, 6.45) is 0. The van der Waals surface area contributed by atoms with Crippen molar-refractivity contribution < 1.29 is 9.18 Å². The SMILES string of the molecule is C/C(=N/NC(=O)c1ccc(N)cc1)c1ccc(F)cc1. The molecular weight excluding hydrogens is 257 g/mol. The van der Waals surface area contributed by atoms with Gasteiger partial charge in [-0.15, -0.1) is 0 Å². The Balaban J connectivity index is 2.06. The Morgan fingerprint density at radius 2 is 1.60 bits per heavy atom. The molecule has 3 N–H and O–H groups in total. The number of hydrogen-bond donors (Lipinski definition) is 2. The van der Waals surface area contributed by atoms with Crippen molar-refractivity contribution >= 4 is 17.3 Å². The molecule has 0 aliphatic heterocycles. The molecule has 2 aromatic rings. The predicted molar refractivity (Wildman–Crippen MR) is 76.9 cm³/mol. The first-order chi connectivity index (χ1) is 9.56. The quantitative estimate of drug-likeness (QED) is 0.512. The molecule has 20 heavy (non-hydrogen) atoms. The fourth-order valence-corrected chi connectivity index (χ4v) is 1.59. The normalized spacial score (nSPS) is 11.2. The van der Waals surface area contributed by atoms with Crippen molar-refractivity contribution in [3.63, 3.8) is 0 Å². The van der Waals surface area contributed by atoms with Gasteiger partial charge in [-0.1, -0.05) is 12.1 Å². The van der Waals surface area contributed by atoms with Gasteiger partial charge in [-0.2, -0.15) is 5.10 Å². The third kappa shape index (κ3) is 3.41. The highest BCUT2D eigenvalue weighted by atomic mass is 19.1. The summed E-state index contributed by atoms with van der Waals surface area (Å²) in [6.45, 7) is 1.73. The molecule has 0 fully saturated rings. The minimum absolute atomic E-state index is 0.313. The summed E-state index contributed by atoms with van der Waals surface area (Å²) in [5.74, 6) is -0.640. The average Bonchev–Trinajstić information content (AvgIpc) is 2.46. The molecule has 0 spiro atoms. The van der Waals surface area contributed by atoms with E-state index < -0.39 is 0 Å². The van der Waals surface area contributed by atoms with Crippen LogP contribution in [0, 0.1) is 5.82 Å². The molecule has 0 aliphatic rings. The molecule has 4 nitrogen and oxygen atoms in total. The maximum atomic E-state index is 12.8. The van der Waals surface area contributed by atoms with E-state index in [0.29, 0.717) is 17.0 Å². The van der Waals surface area contributed by atoms with E-state index in [1.807, 2.05) is 0 Å². The molecule has 0 radical (unpaired) electrons. The molecule has 5 heteroatoms. The Kier molecular flexibility index (Phi) is 4.10. The summed E-state index contributed by atoms with van der Waals surface area (Å²) in [5, 5.41) is 3.99. The molecule has 0 aliphatic carbocycles. The fraction of sp³-hybridized carbons (Fsp3) is 0.0667. The lowest BCUT2D eigenvalue weighted by Crippen LogP contribution is -2.19. The van der Waals surface area contributed by atoms with Crippen LogP contribution in [-0.4, -0.2) is 11.6 Å².